The summed E-state index contributed by atoms with van der Waals surface area (Å²) in [6.07, 6.45) is 0. The Balaban J connectivity index is 2.81. The van der Waals surface area contributed by atoms with E-state index in [0.29, 0.717) is 15.7 Å². The molecule has 0 aromatic heterocycles. The van der Waals surface area contributed by atoms with E-state index < -0.39 is 17.9 Å². The molecule has 0 radical (unpaired) electrons. The Hall–Kier alpha value is -1.56. The molecule has 1 rings (SSSR count). The molecule has 0 aliphatic rings. The summed E-state index contributed by atoms with van der Waals surface area (Å²) < 4.78 is 0.600. The van der Waals surface area contributed by atoms with Crippen LogP contribution < -0.4 is 11.1 Å². The van der Waals surface area contributed by atoms with Crippen LogP contribution in [0.5, 0.6) is 0 Å². The average molecular weight is 287 g/mol. The minimum Gasteiger partial charge on any atom is -0.480 e. The zero-order valence-electron chi connectivity index (χ0n) is 8.53. The fourth-order valence-electron chi connectivity index (χ4n) is 1.01. The number of hydrogen-bond acceptors (Lipinski definition) is 3. The number of aliphatic carboxylic acids is 1. The third-order valence-electron chi connectivity index (χ3n) is 1.98. The molecule has 0 saturated carbocycles. The van der Waals surface area contributed by atoms with E-state index in [1.165, 1.54) is 13.0 Å². The van der Waals surface area contributed by atoms with Crippen LogP contribution in [-0.2, 0) is 4.79 Å². The van der Waals surface area contributed by atoms with E-state index in [1.54, 1.807) is 12.1 Å². The van der Waals surface area contributed by atoms with Gasteiger partial charge in [0.1, 0.15) is 6.04 Å². The number of carbonyl (C=O) groups is 2. The molecule has 16 heavy (non-hydrogen) atoms. The molecule has 1 unspecified atom stereocenters. The molecule has 1 aromatic rings. The van der Waals surface area contributed by atoms with Crippen molar-refractivity contribution in [2.24, 2.45) is 0 Å². The lowest BCUT2D eigenvalue weighted by Gasteiger charge is -2.09. The van der Waals surface area contributed by atoms with Crippen LogP contribution in [0.25, 0.3) is 0 Å². The Bertz CT molecular complexity index is 434. The summed E-state index contributed by atoms with van der Waals surface area (Å²) in [6, 6.07) is 3.72. The SMILES string of the molecule is CC(NC(=O)c1ccc(N)c(Br)c1)C(=O)O. The Morgan fingerprint density at radius 3 is 2.62 bits per heavy atom. The zero-order valence-corrected chi connectivity index (χ0v) is 10.1. The van der Waals surface area contributed by atoms with Crippen molar-refractivity contribution in [2.75, 3.05) is 5.73 Å². The Kier molecular flexibility index (Phi) is 3.89. The van der Waals surface area contributed by atoms with E-state index in [-0.39, 0.29) is 0 Å². The van der Waals surface area contributed by atoms with Gasteiger partial charge in [-0.05, 0) is 41.1 Å². The molecule has 0 fully saturated rings. The Morgan fingerprint density at radius 1 is 1.50 bits per heavy atom. The highest BCUT2D eigenvalue weighted by Crippen LogP contribution is 2.20. The molecule has 0 spiro atoms. The lowest BCUT2D eigenvalue weighted by molar-refractivity contribution is -0.138. The van der Waals surface area contributed by atoms with E-state index >= 15 is 0 Å². The average Bonchev–Trinajstić information content (AvgIpc) is 2.21. The first-order valence-corrected chi connectivity index (χ1v) is 5.30. The quantitative estimate of drug-likeness (QED) is 0.729. The number of nitrogens with two attached hydrogens (primary N) is 1. The summed E-state index contributed by atoms with van der Waals surface area (Å²) in [5, 5.41) is 11.0. The van der Waals surface area contributed by atoms with Gasteiger partial charge in [0.2, 0.25) is 0 Å². The minimum atomic E-state index is -1.08. The van der Waals surface area contributed by atoms with Gasteiger partial charge < -0.3 is 16.2 Å². The first-order chi connectivity index (χ1) is 7.41. The van der Waals surface area contributed by atoms with E-state index in [1.807, 2.05) is 0 Å². The molecule has 0 saturated heterocycles. The second-order valence-corrected chi connectivity index (χ2v) is 4.12. The van der Waals surface area contributed by atoms with Crippen LogP contribution >= 0.6 is 15.9 Å². The van der Waals surface area contributed by atoms with Crippen LogP contribution in [0.4, 0.5) is 5.69 Å². The normalized spacial score (nSPS) is 11.9. The lowest BCUT2D eigenvalue weighted by atomic mass is 10.2. The molecule has 86 valence electrons. The highest BCUT2D eigenvalue weighted by atomic mass is 79.9. The van der Waals surface area contributed by atoms with Crippen molar-refractivity contribution >= 4 is 33.5 Å². The third-order valence-corrected chi connectivity index (χ3v) is 2.67. The molecule has 4 N–H and O–H groups in total. The van der Waals surface area contributed by atoms with Crippen molar-refractivity contribution in [2.45, 2.75) is 13.0 Å². The molecule has 5 nitrogen and oxygen atoms in total. The number of nitrogen functional groups attached to an aromatic ring is 1. The maximum atomic E-state index is 11.6. The third kappa shape index (κ3) is 2.96. The number of nitrogens with one attached hydrogen (secondary N) is 1. The van der Waals surface area contributed by atoms with Gasteiger partial charge >= 0.3 is 5.97 Å². The Labute approximate surface area is 101 Å². The highest BCUT2D eigenvalue weighted by Gasteiger charge is 2.15. The van der Waals surface area contributed by atoms with Gasteiger partial charge in [0, 0.05) is 15.7 Å². The van der Waals surface area contributed by atoms with E-state index in [2.05, 4.69) is 21.2 Å². The van der Waals surface area contributed by atoms with E-state index in [4.69, 9.17) is 10.8 Å². The van der Waals surface area contributed by atoms with Crippen molar-refractivity contribution in [3.63, 3.8) is 0 Å². The van der Waals surface area contributed by atoms with Gasteiger partial charge in [-0.3, -0.25) is 9.59 Å². The molecule has 1 aromatic carbocycles. The number of hydrogen-bond donors (Lipinski definition) is 3. The van der Waals surface area contributed by atoms with Gasteiger partial charge in [-0.25, -0.2) is 0 Å². The number of rotatable bonds is 3. The van der Waals surface area contributed by atoms with Crippen molar-refractivity contribution < 1.29 is 14.7 Å². The van der Waals surface area contributed by atoms with Gasteiger partial charge in [-0.15, -0.1) is 0 Å². The van der Waals surface area contributed by atoms with Crippen molar-refractivity contribution in [3.05, 3.63) is 28.2 Å². The lowest BCUT2D eigenvalue weighted by Crippen LogP contribution is -2.38. The number of anilines is 1. The minimum absolute atomic E-state index is 0.356. The molecule has 1 atom stereocenters. The smallest absolute Gasteiger partial charge is 0.325 e. The van der Waals surface area contributed by atoms with Crippen molar-refractivity contribution in [3.8, 4) is 0 Å². The van der Waals surface area contributed by atoms with Crippen molar-refractivity contribution in [1.82, 2.24) is 5.32 Å². The van der Waals surface area contributed by atoms with Crippen LogP contribution in [0, 0.1) is 0 Å². The summed E-state index contributed by atoms with van der Waals surface area (Å²) in [6.45, 7) is 1.40. The van der Waals surface area contributed by atoms with Crippen molar-refractivity contribution in [1.29, 1.82) is 0 Å². The molecule has 0 bridgehead atoms. The van der Waals surface area contributed by atoms with Crippen LogP contribution in [0.1, 0.15) is 17.3 Å². The molecule has 0 aliphatic carbocycles. The van der Waals surface area contributed by atoms with Gasteiger partial charge in [-0.2, -0.15) is 0 Å². The predicted octanol–water partition coefficient (Wildman–Crippen LogP) is 1.23. The van der Waals surface area contributed by atoms with Gasteiger partial charge in [0.05, 0.1) is 0 Å². The zero-order chi connectivity index (χ0) is 12.3. The summed E-state index contributed by atoms with van der Waals surface area (Å²) in [5.41, 5.74) is 6.44. The van der Waals surface area contributed by atoms with Crippen LogP contribution in [0.15, 0.2) is 22.7 Å². The first-order valence-electron chi connectivity index (χ1n) is 4.50. The van der Waals surface area contributed by atoms with Crippen LogP contribution in [-0.4, -0.2) is 23.0 Å². The summed E-state index contributed by atoms with van der Waals surface area (Å²) >= 11 is 3.19. The number of carboxylic acid groups (broad SMARTS) is 1. The molecular weight excluding hydrogens is 276 g/mol. The van der Waals surface area contributed by atoms with Crippen LogP contribution in [0.3, 0.4) is 0 Å². The molecule has 1 amide bonds. The maximum Gasteiger partial charge on any atom is 0.325 e. The topological polar surface area (TPSA) is 92.4 Å². The Morgan fingerprint density at radius 2 is 2.12 bits per heavy atom. The maximum absolute atomic E-state index is 11.6. The fourth-order valence-corrected chi connectivity index (χ4v) is 1.39. The second-order valence-electron chi connectivity index (χ2n) is 3.27. The number of carbonyl (C=O) groups excluding carboxylic acids is 1. The fraction of sp³-hybridized carbons (Fsp3) is 0.200. The van der Waals surface area contributed by atoms with E-state index in [0.717, 1.165) is 0 Å². The van der Waals surface area contributed by atoms with Crippen LogP contribution in [0.2, 0.25) is 0 Å². The number of benzene rings is 1. The van der Waals surface area contributed by atoms with Gasteiger partial charge in [-0.1, -0.05) is 0 Å². The summed E-state index contributed by atoms with van der Waals surface area (Å²) in [7, 11) is 0. The van der Waals surface area contributed by atoms with Gasteiger partial charge in [0.25, 0.3) is 5.91 Å². The number of halogens is 1. The standard InChI is InChI=1S/C10H11BrN2O3/c1-5(10(15)16)13-9(14)6-2-3-8(12)7(11)4-6/h2-5H,12H2,1H3,(H,13,14)(H,15,16). The van der Waals surface area contributed by atoms with Gasteiger partial charge in [0.15, 0.2) is 0 Å². The molecule has 6 heteroatoms. The summed E-state index contributed by atoms with van der Waals surface area (Å²) in [5.74, 6) is -1.53. The number of carboxylic acids is 1. The molecule has 0 aliphatic heterocycles. The first kappa shape index (κ1) is 12.5. The molecular formula is C10H11BrN2O3. The predicted molar refractivity (Wildman–Crippen MR) is 63.1 cm³/mol. The van der Waals surface area contributed by atoms with E-state index in [9.17, 15) is 9.59 Å². The number of amides is 1. The largest absolute Gasteiger partial charge is 0.480 e. The summed E-state index contributed by atoms with van der Waals surface area (Å²) in [4.78, 5) is 22.1. The monoisotopic (exact) mass is 286 g/mol. The second kappa shape index (κ2) is 4.98. The molecule has 0 heterocycles. The highest BCUT2D eigenvalue weighted by molar-refractivity contribution is 9.10.